The van der Waals surface area contributed by atoms with Gasteiger partial charge < -0.3 is 29.3 Å². The fourth-order valence-corrected chi connectivity index (χ4v) is 4.16. The van der Waals surface area contributed by atoms with Crippen LogP contribution in [0.4, 0.5) is 23.1 Å². The average Bonchev–Trinajstić information content (AvgIpc) is 2.95. The Bertz CT molecular complexity index is 1190. The van der Waals surface area contributed by atoms with E-state index in [1.807, 2.05) is 42.5 Å². The number of aromatic nitrogens is 2. The first kappa shape index (κ1) is 26.2. The lowest BCUT2D eigenvalue weighted by molar-refractivity contribution is 0.223. The molecule has 1 aliphatic heterocycles. The number of hydrogen-bond acceptors (Lipinski definition) is 9. The Morgan fingerprint density at radius 3 is 2.27 bits per heavy atom. The zero-order chi connectivity index (χ0) is 26.2. The first-order chi connectivity index (χ1) is 18.1. The van der Waals surface area contributed by atoms with Crippen LogP contribution in [0.15, 0.2) is 53.7 Å². The first-order valence-electron chi connectivity index (χ1n) is 12.7. The average molecular weight is 505 g/mol. The van der Waals surface area contributed by atoms with E-state index in [0.717, 1.165) is 71.9 Å². The van der Waals surface area contributed by atoms with Gasteiger partial charge in [-0.2, -0.15) is 4.98 Å². The lowest BCUT2D eigenvalue weighted by Gasteiger charge is -2.28. The summed E-state index contributed by atoms with van der Waals surface area (Å²) < 4.78 is 16.8. The normalized spacial score (nSPS) is 12.7. The topological polar surface area (TPSA) is 84.3 Å². The van der Waals surface area contributed by atoms with Crippen LogP contribution in [0.2, 0.25) is 0 Å². The van der Waals surface area contributed by atoms with Gasteiger partial charge in [-0.05, 0) is 56.4 Å². The molecule has 0 aliphatic carbocycles. The number of likely N-dealkylation sites (N-methyl/N-ethyl adjacent to an activating group) is 2. The van der Waals surface area contributed by atoms with Crippen LogP contribution in [0.5, 0.6) is 17.2 Å². The van der Waals surface area contributed by atoms with Gasteiger partial charge in [0.05, 0.1) is 32.7 Å². The largest absolute Gasteiger partial charge is 0.497 e. The molecule has 0 amide bonds. The predicted octanol–water partition coefficient (Wildman–Crippen LogP) is 4.92. The van der Waals surface area contributed by atoms with Crippen LogP contribution in [-0.2, 0) is 0 Å². The summed E-state index contributed by atoms with van der Waals surface area (Å²) in [4.78, 5) is 18.7. The van der Waals surface area contributed by atoms with Crippen molar-refractivity contribution in [2.24, 2.45) is 4.99 Å². The minimum Gasteiger partial charge on any atom is -0.497 e. The van der Waals surface area contributed by atoms with Gasteiger partial charge in [0.25, 0.3) is 0 Å². The first-order valence-corrected chi connectivity index (χ1v) is 12.7. The molecule has 0 fully saturated rings. The minimum atomic E-state index is 0.522. The molecular formula is C28H36N6O3. The number of hydrogen-bond donors (Lipinski definition) is 1. The fourth-order valence-electron chi connectivity index (χ4n) is 4.16. The van der Waals surface area contributed by atoms with E-state index >= 15 is 0 Å². The van der Waals surface area contributed by atoms with Crippen LogP contribution in [0.1, 0.15) is 26.3 Å². The summed E-state index contributed by atoms with van der Waals surface area (Å²) in [5, 5.41) is 3.30. The summed E-state index contributed by atoms with van der Waals surface area (Å²) >= 11 is 0. The molecule has 9 heteroatoms. The molecule has 0 bridgehead atoms. The molecule has 2 heterocycles. The zero-order valence-electron chi connectivity index (χ0n) is 22.3. The van der Waals surface area contributed by atoms with Gasteiger partial charge in [-0.15, -0.1) is 0 Å². The second-order valence-electron chi connectivity index (χ2n) is 8.60. The lowest BCUT2D eigenvalue weighted by Crippen LogP contribution is -2.33. The molecule has 0 unspecified atom stereocenters. The standard InChI is InChI=1S/C28H36N6O3/c1-6-33(7-2)13-14-37-22-11-9-21(10-12-22)30-28-29-18-25-27(32-28)34(8-3)19-26(31-25)20-15-23(35-4)17-24(16-20)36-5/h9-12,15-18H,6-8,13-14,19H2,1-5H3,(H,29,30,32). The third kappa shape index (κ3) is 6.48. The number of fused-ring (bicyclic) bond motifs is 1. The smallest absolute Gasteiger partial charge is 0.229 e. The maximum absolute atomic E-state index is 5.89. The van der Waals surface area contributed by atoms with Crippen molar-refractivity contribution in [2.75, 3.05) is 63.8 Å². The number of nitrogens with zero attached hydrogens (tertiary/aromatic N) is 5. The Kier molecular flexibility index (Phi) is 8.79. The van der Waals surface area contributed by atoms with Gasteiger partial charge in [0.1, 0.15) is 29.5 Å². The molecule has 1 aliphatic rings. The highest BCUT2D eigenvalue weighted by Gasteiger charge is 2.23. The van der Waals surface area contributed by atoms with Crippen molar-refractivity contribution in [3.05, 3.63) is 54.2 Å². The Morgan fingerprint density at radius 2 is 1.65 bits per heavy atom. The van der Waals surface area contributed by atoms with Crippen LogP contribution in [-0.4, -0.2) is 74.1 Å². The number of methoxy groups -OCH3 is 2. The van der Waals surface area contributed by atoms with Gasteiger partial charge >= 0.3 is 0 Å². The second kappa shape index (κ2) is 12.4. The van der Waals surface area contributed by atoms with Crippen molar-refractivity contribution in [1.82, 2.24) is 14.9 Å². The van der Waals surface area contributed by atoms with E-state index in [1.165, 1.54) is 0 Å². The molecule has 9 nitrogen and oxygen atoms in total. The Morgan fingerprint density at radius 1 is 0.946 bits per heavy atom. The quantitative estimate of drug-likeness (QED) is 0.372. The van der Waals surface area contributed by atoms with Crippen molar-refractivity contribution in [2.45, 2.75) is 20.8 Å². The van der Waals surface area contributed by atoms with Crippen LogP contribution in [0, 0.1) is 0 Å². The van der Waals surface area contributed by atoms with Crippen LogP contribution >= 0.6 is 0 Å². The Hall–Kier alpha value is -3.85. The molecule has 0 radical (unpaired) electrons. The van der Waals surface area contributed by atoms with Crippen molar-refractivity contribution in [3.8, 4) is 17.2 Å². The van der Waals surface area contributed by atoms with Gasteiger partial charge in [-0.1, -0.05) is 13.8 Å². The molecule has 1 aromatic heterocycles. The second-order valence-corrected chi connectivity index (χ2v) is 8.60. The molecule has 0 saturated heterocycles. The summed E-state index contributed by atoms with van der Waals surface area (Å²) in [7, 11) is 3.29. The SMILES string of the molecule is CCN(CC)CCOc1ccc(Nc2ncc3c(n2)N(CC)CC(c2cc(OC)cc(OC)c2)=N3)cc1. The van der Waals surface area contributed by atoms with Crippen LogP contribution < -0.4 is 24.4 Å². The highest BCUT2D eigenvalue weighted by molar-refractivity contribution is 6.07. The van der Waals surface area contributed by atoms with Crippen LogP contribution in [0.3, 0.4) is 0 Å². The summed E-state index contributed by atoms with van der Waals surface area (Å²) in [6.07, 6.45) is 1.76. The molecule has 3 aromatic rings. The third-order valence-corrected chi connectivity index (χ3v) is 6.39. The van der Waals surface area contributed by atoms with Crippen molar-refractivity contribution >= 4 is 28.9 Å². The molecule has 0 atom stereocenters. The fraction of sp³-hybridized carbons (Fsp3) is 0.393. The van der Waals surface area contributed by atoms with Crippen molar-refractivity contribution < 1.29 is 14.2 Å². The monoisotopic (exact) mass is 504 g/mol. The van der Waals surface area contributed by atoms with Gasteiger partial charge in [0, 0.05) is 30.4 Å². The maximum atomic E-state index is 5.89. The van der Waals surface area contributed by atoms with Crippen molar-refractivity contribution in [1.29, 1.82) is 0 Å². The number of rotatable bonds is 12. The lowest BCUT2D eigenvalue weighted by atomic mass is 10.1. The summed E-state index contributed by atoms with van der Waals surface area (Å²) in [5.74, 6) is 3.62. The highest BCUT2D eigenvalue weighted by atomic mass is 16.5. The Balaban J connectivity index is 1.48. The number of nitrogens with one attached hydrogen (secondary N) is 1. The van der Waals surface area contributed by atoms with E-state index in [-0.39, 0.29) is 0 Å². The molecular weight excluding hydrogens is 468 g/mol. The van der Waals surface area contributed by atoms with Crippen LogP contribution in [0.25, 0.3) is 0 Å². The number of anilines is 3. The van der Waals surface area contributed by atoms with E-state index in [4.69, 9.17) is 24.2 Å². The van der Waals surface area contributed by atoms with Gasteiger partial charge in [-0.3, -0.25) is 0 Å². The van der Waals surface area contributed by atoms with Crippen molar-refractivity contribution in [3.63, 3.8) is 0 Å². The summed E-state index contributed by atoms with van der Waals surface area (Å²) in [6, 6.07) is 13.6. The zero-order valence-corrected chi connectivity index (χ0v) is 22.3. The number of aliphatic imine (C=N–C) groups is 1. The van der Waals surface area contributed by atoms with Gasteiger partial charge in [0.2, 0.25) is 5.95 Å². The molecule has 196 valence electrons. The molecule has 4 rings (SSSR count). The third-order valence-electron chi connectivity index (χ3n) is 6.39. The van der Waals surface area contributed by atoms with E-state index in [1.54, 1.807) is 20.4 Å². The van der Waals surface area contributed by atoms with E-state index in [2.05, 4.69) is 40.9 Å². The number of ether oxygens (including phenoxy) is 3. The Labute approximate surface area is 219 Å². The molecule has 2 aromatic carbocycles. The molecule has 0 spiro atoms. The molecule has 1 N–H and O–H groups in total. The molecule has 0 saturated carbocycles. The number of benzene rings is 2. The minimum absolute atomic E-state index is 0.522. The highest BCUT2D eigenvalue weighted by Crippen LogP contribution is 2.33. The summed E-state index contributed by atoms with van der Waals surface area (Å²) in [5.41, 5.74) is 3.48. The van der Waals surface area contributed by atoms with E-state index in [9.17, 15) is 0 Å². The predicted molar refractivity (Wildman–Crippen MR) is 149 cm³/mol. The molecule has 37 heavy (non-hydrogen) atoms. The van der Waals surface area contributed by atoms with E-state index < -0.39 is 0 Å². The maximum Gasteiger partial charge on any atom is 0.229 e. The van der Waals surface area contributed by atoms with Gasteiger partial charge in [0.15, 0.2) is 5.82 Å². The van der Waals surface area contributed by atoms with E-state index in [0.29, 0.717) is 19.1 Å². The van der Waals surface area contributed by atoms with Gasteiger partial charge in [-0.25, -0.2) is 9.98 Å². The summed E-state index contributed by atoms with van der Waals surface area (Å²) in [6.45, 7) is 11.5.